The highest BCUT2D eigenvalue weighted by molar-refractivity contribution is 5.95. The maximum atomic E-state index is 12.6. The van der Waals surface area contributed by atoms with Gasteiger partial charge in [0.15, 0.2) is 11.5 Å². The molecule has 1 aromatic carbocycles. The van der Waals surface area contributed by atoms with Crippen LogP contribution in [0.5, 0.6) is 17.2 Å². The van der Waals surface area contributed by atoms with Crippen LogP contribution in [0.2, 0.25) is 0 Å². The van der Waals surface area contributed by atoms with Crippen LogP contribution in [0, 0.1) is 5.92 Å². The Bertz CT molecular complexity index is 549. The van der Waals surface area contributed by atoms with E-state index in [-0.39, 0.29) is 24.4 Å². The number of nitrogens with two attached hydrogens (primary N) is 1. The smallest absolute Gasteiger partial charge is 0.253 e. The molecule has 0 spiro atoms. The third-order valence-electron chi connectivity index (χ3n) is 4.08. The number of nitrogens with zero attached hydrogens (tertiary/aromatic N) is 1. The minimum absolute atomic E-state index is 0. The first-order valence-corrected chi connectivity index (χ1v) is 7.92. The Morgan fingerprint density at radius 1 is 1.33 bits per heavy atom. The summed E-state index contributed by atoms with van der Waals surface area (Å²) in [5, 5.41) is 0. The fourth-order valence-electron chi connectivity index (χ4n) is 2.39. The van der Waals surface area contributed by atoms with Gasteiger partial charge in [-0.15, -0.1) is 12.4 Å². The molecule has 0 bridgehead atoms. The fourth-order valence-corrected chi connectivity index (χ4v) is 2.39. The Morgan fingerprint density at radius 2 is 2.00 bits per heavy atom. The van der Waals surface area contributed by atoms with Gasteiger partial charge in [0.1, 0.15) is 13.2 Å². The number of hydrogen-bond acceptors (Lipinski definition) is 5. The monoisotopic (exact) mass is 358 g/mol. The first-order valence-electron chi connectivity index (χ1n) is 7.92. The SMILES string of the molecule is COc1cc(C(=O)N(C)CCC(N)C(C)C)cc2c1OCCO2.Cl. The molecule has 1 aromatic rings. The van der Waals surface area contributed by atoms with E-state index < -0.39 is 0 Å². The highest BCUT2D eigenvalue weighted by Crippen LogP contribution is 2.40. The van der Waals surface area contributed by atoms with E-state index in [1.165, 1.54) is 0 Å². The Kier molecular flexibility index (Phi) is 7.63. The van der Waals surface area contributed by atoms with Crippen LogP contribution in [-0.4, -0.2) is 50.8 Å². The van der Waals surface area contributed by atoms with Gasteiger partial charge in [0.25, 0.3) is 5.91 Å². The molecule has 1 aliphatic rings. The Balaban J connectivity index is 0.00000288. The fraction of sp³-hybridized carbons (Fsp3) is 0.588. The number of fused-ring (bicyclic) bond motifs is 1. The van der Waals surface area contributed by atoms with Crippen LogP contribution in [0.3, 0.4) is 0 Å². The number of amides is 1. The number of halogens is 1. The van der Waals surface area contributed by atoms with Crippen molar-refractivity contribution in [2.75, 3.05) is 33.9 Å². The van der Waals surface area contributed by atoms with Gasteiger partial charge in [0.05, 0.1) is 7.11 Å². The molecular weight excluding hydrogens is 332 g/mol. The summed E-state index contributed by atoms with van der Waals surface area (Å²) in [5.41, 5.74) is 6.57. The van der Waals surface area contributed by atoms with Crippen molar-refractivity contribution in [3.63, 3.8) is 0 Å². The summed E-state index contributed by atoms with van der Waals surface area (Å²) in [7, 11) is 3.33. The number of carbonyl (C=O) groups is 1. The Hall–Kier alpha value is -1.66. The highest BCUT2D eigenvalue weighted by atomic mass is 35.5. The normalized spacial score (nSPS) is 13.9. The lowest BCUT2D eigenvalue weighted by atomic mass is 10.0. The maximum Gasteiger partial charge on any atom is 0.253 e. The minimum atomic E-state index is -0.0868. The molecule has 0 fully saturated rings. The van der Waals surface area contributed by atoms with Gasteiger partial charge in [-0.2, -0.15) is 0 Å². The van der Waals surface area contributed by atoms with Gasteiger partial charge in [-0.1, -0.05) is 13.8 Å². The Labute approximate surface area is 149 Å². The van der Waals surface area contributed by atoms with Crippen LogP contribution in [0.25, 0.3) is 0 Å². The number of carbonyl (C=O) groups excluding carboxylic acids is 1. The van der Waals surface area contributed by atoms with E-state index in [4.69, 9.17) is 19.9 Å². The zero-order chi connectivity index (χ0) is 17.0. The predicted molar refractivity (Wildman–Crippen MR) is 95.6 cm³/mol. The summed E-state index contributed by atoms with van der Waals surface area (Å²) in [5.74, 6) is 1.92. The van der Waals surface area contributed by atoms with Crippen LogP contribution in [0.15, 0.2) is 12.1 Å². The Morgan fingerprint density at radius 3 is 2.62 bits per heavy atom. The minimum Gasteiger partial charge on any atom is -0.493 e. The summed E-state index contributed by atoms with van der Waals surface area (Å²) >= 11 is 0. The topological polar surface area (TPSA) is 74.0 Å². The molecule has 136 valence electrons. The largest absolute Gasteiger partial charge is 0.493 e. The molecule has 1 unspecified atom stereocenters. The summed E-state index contributed by atoms with van der Waals surface area (Å²) < 4.78 is 16.4. The summed E-state index contributed by atoms with van der Waals surface area (Å²) in [4.78, 5) is 14.3. The number of ether oxygens (including phenoxy) is 3. The van der Waals surface area contributed by atoms with Crippen molar-refractivity contribution in [2.45, 2.75) is 26.3 Å². The standard InChI is InChI=1S/C17H26N2O4.ClH/c1-11(2)13(18)5-6-19(3)17(20)12-9-14(21-4)16-15(10-12)22-7-8-23-16;/h9-11,13H,5-8,18H2,1-4H3;1H. The van der Waals surface area contributed by atoms with Crippen LogP contribution in [0.4, 0.5) is 0 Å². The number of hydrogen-bond donors (Lipinski definition) is 1. The molecule has 1 aliphatic heterocycles. The van der Waals surface area contributed by atoms with Gasteiger partial charge in [-0.05, 0) is 24.5 Å². The van der Waals surface area contributed by atoms with Crippen molar-refractivity contribution in [2.24, 2.45) is 11.7 Å². The molecule has 24 heavy (non-hydrogen) atoms. The van der Waals surface area contributed by atoms with E-state index in [2.05, 4.69) is 13.8 Å². The lowest BCUT2D eigenvalue weighted by Crippen LogP contribution is -2.34. The molecule has 6 nitrogen and oxygen atoms in total. The first-order chi connectivity index (χ1) is 10.9. The zero-order valence-corrected chi connectivity index (χ0v) is 15.5. The first kappa shape index (κ1) is 20.4. The summed E-state index contributed by atoms with van der Waals surface area (Å²) in [6.45, 7) is 5.71. The lowest BCUT2D eigenvalue weighted by Gasteiger charge is -2.24. The molecule has 1 heterocycles. The molecule has 1 amide bonds. The maximum absolute atomic E-state index is 12.6. The molecule has 0 aliphatic carbocycles. The van der Waals surface area contributed by atoms with Crippen LogP contribution < -0.4 is 19.9 Å². The molecular formula is C17H27ClN2O4. The average molecular weight is 359 g/mol. The third-order valence-corrected chi connectivity index (χ3v) is 4.08. The highest BCUT2D eigenvalue weighted by Gasteiger charge is 2.22. The lowest BCUT2D eigenvalue weighted by molar-refractivity contribution is 0.0787. The average Bonchev–Trinajstić information content (AvgIpc) is 2.57. The van der Waals surface area contributed by atoms with E-state index in [0.29, 0.717) is 48.5 Å². The van der Waals surface area contributed by atoms with Crippen LogP contribution in [0.1, 0.15) is 30.6 Å². The molecule has 7 heteroatoms. The summed E-state index contributed by atoms with van der Waals surface area (Å²) in [6.07, 6.45) is 0.765. The molecule has 2 rings (SSSR count). The van der Waals surface area contributed by atoms with Gasteiger partial charge in [0.2, 0.25) is 5.75 Å². The van der Waals surface area contributed by atoms with Gasteiger partial charge < -0.3 is 24.8 Å². The van der Waals surface area contributed by atoms with Gasteiger partial charge in [-0.3, -0.25) is 4.79 Å². The third kappa shape index (κ3) is 4.68. The van der Waals surface area contributed by atoms with Crippen molar-refractivity contribution in [3.05, 3.63) is 17.7 Å². The molecule has 0 radical (unpaired) electrons. The van der Waals surface area contributed by atoms with Crippen LogP contribution >= 0.6 is 12.4 Å². The van der Waals surface area contributed by atoms with Crippen molar-refractivity contribution in [1.29, 1.82) is 0 Å². The molecule has 0 aromatic heterocycles. The van der Waals surface area contributed by atoms with Crippen molar-refractivity contribution >= 4 is 18.3 Å². The van der Waals surface area contributed by atoms with E-state index in [1.54, 1.807) is 31.2 Å². The van der Waals surface area contributed by atoms with Crippen molar-refractivity contribution in [3.8, 4) is 17.2 Å². The second-order valence-corrected chi connectivity index (χ2v) is 6.13. The number of benzene rings is 1. The van der Waals surface area contributed by atoms with Gasteiger partial charge in [0, 0.05) is 25.2 Å². The van der Waals surface area contributed by atoms with E-state index in [9.17, 15) is 4.79 Å². The summed E-state index contributed by atoms with van der Waals surface area (Å²) in [6, 6.07) is 3.48. The quantitative estimate of drug-likeness (QED) is 0.844. The van der Waals surface area contributed by atoms with Crippen molar-refractivity contribution < 1.29 is 19.0 Å². The van der Waals surface area contributed by atoms with E-state index in [1.807, 2.05) is 0 Å². The molecule has 0 saturated heterocycles. The second kappa shape index (κ2) is 8.99. The second-order valence-electron chi connectivity index (χ2n) is 6.13. The van der Waals surface area contributed by atoms with Crippen molar-refractivity contribution in [1.82, 2.24) is 4.90 Å². The van der Waals surface area contributed by atoms with E-state index >= 15 is 0 Å². The number of methoxy groups -OCH3 is 1. The number of rotatable bonds is 6. The molecule has 1 atom stereocenters. The zero-order valence-electron chi connectivity index (χ0n) is 14.7. The molecule has 0 saturated carbocycles. The van der Waals surface area contributed by atoms with Gasteiger partial charge in [-0.25, -0.2) is 0 Å². The van der Waals surface area contributed by atoms with Gasteiger partial charge >= 0.3 is 0 Å². The molecule has 2 N–H and O–H groups in total. The van der Waals surface area contributed by atoms with E-state index in [0.717, 1.165) is 6.42 Å². The van der Waals surface area contributed by atoms with Crippen LogP contribution in [-0.2, 0) is 0 Å². The predicted octanol–water partition coefficient (Wildman–Crippen LogP) is 2.33.